The Morgan fingerprint density at radius 2 is 1.91 bits per heavy atom. The van der Waals surface area contributed by atoms with Gasteiger partial charge in [-0.1, -0.05) is 12.1 Å². The Morgan fingerprint density at radius 3 is 2.64 bits per heavy atom. The van der Waals surface area contributed by atoms with Gasteiger partial charge < -0.3 is 30.2 Å². The standard InChI is InChI=1S/C23H34BN3O6/c28-21(26-20-15-17-2-1-3-19(23(29)30)22(17)33-24(20)31)14-16-4-6-18(7-5-16)25-8-9-27-10-12-32-13-11-27/h1-3,16,18,20,25,31H,4-15H2,(H,26,28)(H,29,30)/t16-,18-,20-/m0/s1. The molecular weight excluding hydrogens is 425 g/mol. The maximum Gasteiger partial charge on any atom is 0.547 e. The Hall–Kier alpha value is -2.14. The van der Waals surface area contributed by atoms with Crippen molar-refractivity contribution in [2.45, 2.75) is 50.5 Å². The summed E-state index contributed by atoms with van der Waals surface area (Å²) in [5.74, 6) is -1.26. The van der Waals surface area contributed by atoms with Gasteiger partial charge in [-0.2, -0.15) is 0 Å². The van der Waals surface area contributed by atoms with Gasteiger partial charge >= 0.3 is 13.1 Å². The summed E-state index contributed by atoms with van der Waals surface area (Å²) in [5, 5.41) is 26.2. The number of carbonyl (C=O) groups is 2. The largest absolute Gasteiger partial charge is 0.547 e. The molecule has 0 bridgehead atoms. The monoisotopic (exact) mass is 459 g/mol. The fraction of sp³-hybridized carbons (Fsp3) is 0.652. The van der Waals surface area contributed by atoms with E-state index in [1.807, 2.05) is 0 Å². The van der Waals surface area contributed by atoms with E-state index in [9.17, 15) is 19.7 Å². The van der Waals surface area contributed by atoms with E-state index in [2.05, 4.69) is 15.5 Å². The minimum absolute atomic E-state index is 0.0200. The van der Waals surface area contributed by atoms with Gasteiger partial charge in [-0.3, -0.25) is 9.69 Å². The van der Waals surface area contributed by atoms with E-state index in [-0.39, 0.29) is 17.2 Å². The molecule has 2 aliphatic heterocycles. The van der Waals surface area contributed by atoms with Crippen molar-refractivity contribution in [2.24, 2.45) is 5.92 Å². The number of hydrogen-bond acceptors (Lipinski definition) is 7. The van der Waals surface area contributed by atoms with Crippen LogP contribution >= 0.6 is 0 Å². The van der Waals surface area contributed by atoms with Crippen molar-refractivity contribution < 1.29 is 29.1 Å². The summed E-state index contributed by atoms with van der Waals surface area (Å²) < 4.78 is 10.8. The van der Waals surface area contributed by atoms with Crippen LogP contribution in [0.1, 0.15) is 48.0 Å². The van der Waals surface area contributed by atoms with Gasteiger partial charge in [-0.05, 0) is 49.7 Å². The Labute approximate surface area is 195 Å². The molecule has 4 rings (SSSR count). The average Bonchev–Trinajstić information content (AvgIpc) is 2.81. The van der Waals surface area contributed by atoms with Gasteiger partial charge in [0.2, 0.25) is 5.91 Å². The summed E-state index contributed by atoms with van der Waals surface area (Å²) in [6, 6.07) is 5.37. The number of hydrogen-bond donors (Lipinski definition) is 4. The Balaban J connectivity index is 1.18. The molecular formula is C23H34BN3O6. The maximum absolute atomic E-state index is 12.6. The van der Waals surface area contributed by atoms with E-state index in [1.54, 1.807) is 12.1 Å². The van der Waals surface area contributed by atoms with Crippen molar-refractivity contribution in [2.75, 3.05) is 39.4 Å². The van der Waals surface area contributed by atoms with Crippen molar-refractivity contribution in [3.05, 3.63) is 29.3 Å². The molecule has 2 fully saturated rings. The molecule has 4 N–H and O–H groups in total. The number of fused-ring (bicyclic) bond motifs is 1. The molecule has 0 unspecified atom stereocenters. The van der Waals surface area contributed by atoms with Gasteiger partial charge in [0.25, 0.3) is 0 Å². The summed E-state index contributed by atoms with van der Waals surface area (Å²) in [4.78, 5) is 26.4. The van der Waals surface area contributed by atoms with Gasteiger partial charge in [-0.25, -0.2) is 4.79 Å². The van der Waals surface area contributed by atoms with Gasteiger partial charge in [0, 0.05) is 38.6 Å². The first kappa shape index (κ1) is 24.0. The predicted molar refractivity (Wildman–Crippen MR) is 123 cm³/mol. The lowest BCUT2D eigenvalue weighted by molar-refractivity contribution is -0.122. The second-order valence-corrected chi connectivity index (χ2v) is 9.32. The Kier molecular flexibility index (Phi) is 8.24. The highest BCUT2D eigenvalue weighted by atomic mass is 16.5. The molecule has 1 saturated carbocycles. The lowest BCUT2D eigenvalue weighted by Crippen LogP contribution is -2.53. The SMILES string of the molecule is O=C(C[C@H]1CC[C@H](NCCN2CCOCC2)CC1)N[C@H]1Cc2cccc(C(=O)O)c2OB1O. The third kappa shape index (κ3) is 6.47. The van der Waals surface area contributed by atoms with Crippen LogP contribution in [0.4, 0.5) is 0 Å². The van der Waals surface area contributed by atoms with E-state index < -0.39 is 19.0 Å². The van der Waals surface area contributed by atoms with Crippen molar-refractivity contribution in [3.8, 4) is 5.75 Å². The number of aromatic carboxylic acids is 1. The quantitative estimate of drug-likeness (QED) is 0.420. The molecule has 0 spiro atoms. The predicted octanol–water partition coefficient (Wildman–Crippen LogP) is 0.695. The molecule has 1 saturated heterocycles. The van der Waals surface area contributed by atoms with Crippen molar-refractivity contribution in [1.29, 1.82) is 0 Å². The molecule has 2 heterocycles. The second kappa shape index (κ2) is 11.3. The van der Waals surface area contributed by atoms with Crippen molar-refractivity contribution >= 4 is 19.0 Å². The maximum atomic E-state index is 12.6. The van der Waals surface area contributed by atoms with Crippen LogP contribution in [-0.2, 0) is 16.0 Å². The minimum Gasteiger partial charge on any atom is -0.534 e. The number of nitrogens with one attached hydrogen (secondary N) is 2. The molecule has 180 valence electrons. The van der Waals surface area contributed by atoms with Crippen LogP contribution in [0.2, 0.25) is 0 Å². The molecule has 33 heavy (non-hydrogen) atoms. The number of amides is 1. The van der Waals surface area contributed by atoms with E-state index in [1.165, 1.54) is 6.07 Å². The van der Waals surface area contributed by atoms with Crippen LogP contribution in [0.3, 0.4) is 0 Å². The van der Waals surface area contributed by atoms with Crippen LogP contribution in [0.15, 0.2) is 18.2 Å². The van der Waals surface area contributed by atoms with E-state index in [4.69, 9.17) is 9.39 Å². The van der Waals surface area contributed by atoms with Gasteiger partial charge in [-0.15, -0.1) is 0 Å². The highest BCUT2D eigenvalue weighted by molar-refractivity contribution is 6.47. The fourth-order valence-corrected chi connectivity index (χ4v) is 5.07. The molecule has 0 radical (unpaired) electrons. The topological polar surface area (TPSA) is 120 Å². The Morgan fingerprint density at radius 1 is 1.15 bits per heavy atom. The van der Waals surface area contributed by atoms with Crippen LogP contribution < -0.4 is 15.3 Å². The summed E-state index contributed by atoms with van der Waals surface area (Å²) in [6.07, 6.45) is 4.94. The van der Waals surface area contributed by atoms with Crippen LogP contribution in [-0.4, -0.2) is 85.4 Å². The molecule has 1 atom stereocenters. The smallest absolute Gasteiger partial charge is 0.534 e. The second-order valence-electron chi connectivity index (χ2n) is 9.32. The molecule has 1 aromatic rings. The number of morpholine rings is 1. The van der Waals surface area contributed by atoms with E-state index >= 15 is 0 Å². The summed E-state index contributed by atoms with van der Waals surface area (Å²) >= 11 is 0. The molecule has 9 nitrogen and oxygen atoms in total. The zero-order chi connectivity index (χ0) is 23.2. The lowest BCUT2D eigenvalue weighted by Gasteiger charge is -2.32. The number of rotatable bonds is 8. The highest BCUT2D eigenvalue weighted by Gasteiger charge is 2.38. The lowest BCUT2D eigenvalue weighted by atomic mass is 9.72. The summed E-state index contributed by atoms with van der Waals surface area (Å²) in [6.45, 7) is 5.71. The molecule has 1 amide bonds. The number of ether oxygens (including phenoxy) is 1. The molecule has 1 aromatic carbocycles. The van der Waals surface area contributed by atoms with Gasteiger partial charge in [0.05, 0.1) is 24.7 Å². The number of carbonyl (C=O) groups excluding carboxylic acids is 1. The molecule has 0 aromatic heterocycles. The van der Waals surface area contributed by atoms with E-state index in [0.717, 1.165) is 65.1 Å². The van der Waals surface area contributed by atoms with Gasteiger partial charge in [0.1, 0.15) is 5.75 Å². The fourth-order valence-electron chi connectivity index (χ4n) is 5.07. The number of benzene rings is 1. The number of para-hydroxylation sites is 1. The Bertz CT molecular complexity index is 826. The van der Waals surface area contributed by atoms with Crippen LogP contribution in [0.5, 0.6) is 5.75 Å². The first-order valence-corrected chi connectivity index (χ1v) is 12.0. The molecule has 3 aliphatic rings. The van der Waals surface area contributed by atoms with Crippen LogP contribution in [0.25, 0.3) is 0 Å². The number of carboxylic acid groups (broad SMARTS) is 1. The number of nitrogens with zero attached hydrogens (tertiary/aromatic N) is 1. The molecule has 1 aliphatic carbocycles. The molecule has 10 heteroatoms. The highest BCUT2D eigenvalue weighted by Crippen LogP contribution is 2.31. The third-order valence-electron chi connectivity index (χ3n) is 6.98. The van der Waals surface area contributed by atoms with Gasteiger partial charge in [0.15, 0.2) is 0 Å². The third-order valence-corrected chi connectivity index (χ3v) is 6.98. The first-order chi connectivity index (χ1) is 16.0. The minimum atomic E-state index is -1.27. The van der Waals surface area contributed by atoms with Crippen LogP contribution in [0, 0.1) is 5.92 Å². The normalized spacial score (nSPS) is 25.7. The first-order valence-electron chi connectivity index (χ1n) is 12.0. The van der Waals surface area contributed by atoms with Crippen molar-refractivity contribution in [3.63, 3.8) is 0 Å². The van der Waals surface area contributed by atoms with Crippen molar-refractivity contribution in [1.82, 2.24) is 15.5 Å². The summed E-state index contributed by atoms with van der Waals surface area (Å²) in [5.41, 5.74) is 0.695. The zero-order valence-electron chi connectivity index (χ0n) is 19.0. The average molecular weight is 459 g/mol. The zero-order valence-corrected chi connectivity index (χ0v) is 19.0. The number of carboxylic acids is 1. The summed E-state index contributed by atoms with van der Waals surface area (Å²) in [7, 11) is -1.27. The van der Waals surface area contributed by atoms with E-state index in [0.29, 0.717) is 30.4 Å².